The molecule has 2 rings (SSSR count). The lowest BCUT2D eigenvalue weighted by molar-refractivity contribution is 0.260. The van der Waals surface area contributed by atoms with Gasteiger partial charge in [0.25, 0.3) is 0 Å². The van der Waals surface area contributed by atoms with Crippen LogP contribution >= 0.6 is 0 Å². The van der Waals surface area contributed by atoms with Gasteiger partial charge in [-0.15, -0.1) is 0 Å². The van der Waals surface area contributed by atoms with Crippen LogP contribution in [-0.4, -0.2) is 16.0 Å². The second-order valence-corrected chi connectivity index (χ2v) is 4.91. The summed E-state index contributed by atoms with van der Waals surface area (Å²) >= 11 is 0. The first-order chi connectivity index (χ1) is 7.65. The van der Waals surface area contributed by atoms with E-state index in [9.17, 15) is 0 Å². The topological polar surface area (TPSA) is 63.8 Å². The van der Waals surface area contributed by atoms with Gasteiger partial charge in [0.1, 0.15) is 5.82 Å². The van der Waals surface area contributed by atoms with E-state index in [4.69, 9.17) is 5.73 Å². The maximum absolute atomic E-state index is 5.62. The van der Waals surface area contributed by atoms with E-state index in [0.717, 1.165) is 11.8 Å². The molecule has 0 aromatic carbocycles. The van der Waals surface area contributed by atoms with Crippen LogP contribution in [-0.2, 0) is 0 Å². The maximum Gasteiger partial charge on any atom is 0.224 e. The number of anilines is 2. The number of aromatic nitrogens is 2. The third-order valence-corrected chi connectivity index (χ3v) is 3.61. The van der Waals surface area contributed by atoms with E-state index in [1.807, 2.05) is 0 Å². The molecule has 4 heteroatoms. The van der Waals surface area contributed by atoms with Crippen molar-refractivity contribution in [3.8, 4) is 0 Å². The van der Waals surface area contributed by atoms with Gasteiger partial charge in [0.05, 0.1) is 0 Å². The lowest BCUT2D eigenvalue weighted by Gasteiger charge is -2.32. The van der Waals surface area contributed by atoms with Crippen molar-refractivity contribution < 1.29 is 0 Å². The van der Waals surface area contributed by atoms with Crippen molar-refractivity contribution >= 4 is 11.8 Å². The summed E-state index contributed by atoms with van der Waals surface area (Å²) in [6.45, 7) is 4.65. The van der Waals surface area contributed by atoms with Gasteiger partial charge in [-0.3, -0.25) is 0 Å². The molecular formula is C12H20N4. The number of hydrogen-bond donors (Lipinski definition) is 2. The van der Waals surface area contributed by atoms with Crippen molar-refractivity contribution in [2.24, 2.45) is 11.8 Å². The Balaban J connectivity index is 1.95. The molecule has 3 atom stereocenters. The van der Waals surface area contributed by atoms with E-state index in [1.165, 1.54) is 19.3 Å². The Labute approximate surface area is 96.7 Å². The zero-order valence-electron chi connectivity index (χ0n) is 9.98. The molecule has 3 unspecified atom stereocenters. The maximum atomic E-state index is 5.62. The van der Waals surface area contributed by atoms with Gasteiger partial charge in [-0.2, -0.15) is 4.98 Å². The van der Waals surface area contributed by atoms with Crippen molar-refractivity contribution in [2.75, 3.05) is 11.1 Å². The van der Waals surface area contributed by atoms with Gasteiger partial charge in [0, 0.05) is 12.2 Å². The van der Waals surface area contributed by atoms with Gasteiger partial charge in [-0.25, -0.2) is 4.98 Å². The molecule has 0 radical (unpaired) electrons. The standard InChI is InChI=1S/C12H20N4/c1-8-3-4-10(7-9(8)2)15-12-14-6-5-11(13)16-12/h5-6,8-10H,3-4,7H2,1-2H3,(H3,13,14,15,16). The minimum absolute atomic E-state index is 0.494. The van der Waals surface area contributed by atoms with Crippen LogP contribution in [0.2, 0.25) is 0 Å². The van der Waals surface area contributed by atoms with E-state index >= 15 is 0 Å². The van der Waals surface area contributed by atoms with Crippen molar-refractivity contribution in [2.45, 2.75) is 39.2 Å². The molecule has 1 fully saturated rings. The molecule has 16 heavy (non-hydrogen) atoms. The molecule has 0 amide bonds. The molecule has 1 heterocycles. The summed E-state index contributed by atoms with van der Waals surface area (Å²) in [6, 6.07) is 2.20. The molecule has 1 aromatic heterocycles. The van der Waals surface area contributed by atoms with E-state index < -0.39 is 0 Å². The Morgan fingerprint density at radius 3 is 2.81 bits per heavy atom. The third-order valence-electron chi connectivity index (χ3n) is 3.61. The van der Waals surface area contributed by atoms with Crippen LogP contribution in [0.4, 0.5) is 11.8 Å². The van der Waals surface area contributed by atoms with Crippen LogP contribution in [0.3, 0.4) is 0 Å². The summed E-state index contributed by atoms with van der Waals surface area (Å²) in [5, 5.41) is 3.37. The molecule has 0 spiro atoms. The molecule has 1 saturated carbocycles. The molecule has 0 bridgehead atoms. The van der Waals surface area contributed by atoms with Gasteiger partial charge >= 0.3 is 0 Å². The van der Waals surface area contributed by atoms with Gasteiger partial charge in [0.2, 0.25) is 5.95 Å². The fraction of sp³-hybridized carbons (Fsp3) is 0.667. The van der Waals surface area contributed by atoms with Crippen molar-refractivity contribution in [1.29, 1.82) is 0 Å². The van der Waals surface area contributed by atoms with Crippen molar-refractivity contribution in [1.82, 2.24) is 9.97 Å². The Morgan fingerprint density at radius 1 is 1.31 bits per heavy atom. The molecule has 1 aliphatic rings. The van der Waals surface area contributed by atoms with E-state index in [2.05, 4.69) is 29.1 Å². The summed E-state index contributed by atoms with van der Waals surface area (Å²) in [4.78, 5) is 8.34. The molecule has 1 aromatic rings. The Hall–Kier alpha value is -1.32. The molecule has 1 aliphatic carbocycles. The molecule has 4 nitrogen and oxygen atoms in total. The molecule has 3 N–H and O–H groups in total. The quantitative estimate of drug-likeness (QED) is 0.802. The van der Waals surface area contributed by atoms with Gasteiger partial charge in [-0.1, -0.05) is 13.8 Å². The second kappa shape index (κ2) is 4.68. The van der Waals surface area contributed by atoms with E-state index in [0.29, 0.717) is 17.8 Å². The Morgan fingerprint density at radius 2 is 2.12 bits per heavy atom. The molecule has 0 saturated heterocycles. The van der Waals surface area contributed by atoms with Crippen LogP contribution in [0.1, 0.15) is 33.1 Å². The highest BCUT2D eigenvalue weighted by atomic mass is 15.1. The van der Waals surface area contributed by atoms with Crippen LogP contribution in [0.15, 0.2) is 12.3 Å². The Kier molecular flexibility index (Phi) is 3.27. The van der Waals surface area contributed by atoms with Crippen molar-refractivity contribution in [3.63, 3.8) is 0 Å². The highest BCUT2D eigenvalue weighted by Crippen LogP contribution is 2.30. The average Bonchev–Trinajstić information content (AvgIpc) is 2.24. The van der Waals surface area contributed by atoms with Crippen LogP contribution in [0.25, 0.3) is 0 Å². The molecule has 88 valence electrons. The van der Waals surface area contributed by atoms with Crippen LogP contribution in [0.5, 0.6) is 0 Å². The van der Waals surface area contributed by atoms with E-state index in [-0.39, 0.29) is 0 Å². The van der Waals surface area contributed by atoms with Crippen molar-refractivity contribution in [3.05, 3.63) is 12.3 Å². The molecule has 0 aliphatic heterocycles. The normalized spacial score (nSPS) is 30.0. The zero-order chi connectivity index (χ0) is 11.5. The minimum atomic E-state index is 0.494. The number of rotatable bonds is 2. The first kappa shape index (κ1) is 11.2. The first-order valence-corrected chi connectivity index (χ1v) is 6.00. The number of nitrogen functional groups attached to an aromatic ring is 1. The summed E-state index contributed by atoms with van der Waals surface area (Å²) in [5.74, 6) is 2.79. The second-order valence-electron chi connectivity index (χ2n) is 4.91. The van der Waals surface area contributed by atoms with Crippen LogP contribution < -0.4 is 11.1 Å². The summed E-state index contributed by atoms with van der Waals surface area (Å²) < 4.78 is 0. The first-order valence-electron chi connectivity index (χ1n) is 6.00. The number of nitrogens with zero attached hydrogens (tertiary/aromatic N) is 2. The summed E-state index contributed by atoms with van der Waals surface area (Å²) in [7, 11) is 0. The zero-order valence-corrected chi connectivity index (χ0v) is 9.98. The SMILES string of the molecule is CC1CCC(Nc2nccc(N)n2)CC1C. The number of nitrogens with one attached hydrogen (secondary N) is 1. The monoisotopic (exact) mass is 220 g/mol. The fourth-order valence-corrected chi connectivity index (χ4v) is 2.30. The fourth-order valence-electron chi connectivity index (χ4n) is 2.30. The highest BCUT2D eigenvalue weighted by molar-refractivity contribution is 5.35. The summed E-state index contributed by atoms with van der Waals surface area (Å²) in [5.41, 5.74) is 5.62. The highest BCUT2D eigenvalue weighted by Gasteiger charge is 2.24. The van der Waals surface area contributed by atoms with Crippen LogP contribution in [0, 0.1) is 11.8 Å². The Bertz CT molecular complexity index is 353. The number of hydrogen-bond acceptors (Lipinski definition) is 4. The third kappa shape index (κ3) is 2.62. The summed E-state index contributed by atoms with van der Waals surface area (Å²) in [6.07, 6.45) is 5.36. The largest absolute Gasteiger partial charge is 0.384 e. The predicted octanol–water partition coefficient (Wildman–Crippen LogP) is 2.30. The molecular weight excluding hydrogens is 200 g/mol. The number of nitrogens with two attached hydrogens (primary N) is 1. The van der Waals surface area contributed by atoms with Gasteiger partial charge in [0.15, 0.2) is 0 Å². The van der Waals surface area contributed by atoms with Gasteiger partial charge in [-0.05, 0) is 37.2 Å². The lowest BCUT2D eigenvalue weighted by Crippen LogP contribution is -2.31. The minimum Gasteiger partial charge on any atom is -0.384 e. The predicted molar refractivity (Wildman–Crippen MR) is 66.0 cm³/mol. The van der Waals surface area contributed by atoms with Gasteiger partial charge < -0.3 is 11.1 Å². The smallest absolute Gasteiger partial charge is 0.224 e. The van der Waals surface area contributed by atoms with E-state index in [1.54, 1.807) is 12.3 Å². The lowest BCUT2D eigenvalue weighted by atomic mass is 9.79. The average molecular weight is 220 g/mol.